The average molecular weight is 171 g/mol. The Morgan fingerprint density at radius 1 is 1.75 bits per heavy atom. The molecule has 12 heavy (non-hydrogen) atoms. The lowest BCUT2D eigenvalue weighted by Gasteiger charge is -2.13. The zero-order chi connectivity index (χ0) is 8.97. The molecule has 0 aromatic heterocycles. The summed E-state index contributed by atoms with van der Waals surface area (Å²) >= 11 is 0. The van der Waals surface area contributed by atoms with E-state index in [1.54, 1.807) is 0 Å². The smallest absolute Gasteiger partial charge is 0.223 e. The minimum absolute atomic E-state index is 0.130. The Balaban J connectivity index is 2.25. The average Bonchev–Trinajstić information content (AvgIpc) is 2.55. The highest BCUT2D eigenvalue weighted by Crippen LogP contribution is 2.06. The van der Waals surface area contributed by atoms with Gasteiger partial charge in [-0.15, -0.1) is 0 Å². The van der Waals surface area contributed by atoms with Gasteiger partial charge in [-0.2, -0.15) is 0 Å². The van der Waals surface area contributed by atoms with Gasteiger partial charge in [0.15, 0.2) is 0 Å². The van der Waals surface area contributed by atoms with E-state index in [1.165, 1.54) is 0 Å². The van der Waals surface area contributed by atoms with Crippen LogP contribution in [0, 0.1) is 5.92 Å². The Morgan fingerprint density at radius 2 is 2.50 bits per heavy atom. The zero-order valence-electron chi connectivity index (χ0n) is 7.80. The van der Waals surface area contributed by atoms with Crippen LogP contribution in [0.4, 0.5) is 0 Å². The minimum atomic E-state index is 0.130. The van der Waals surface area contributed by atoms with Crippen LogP contribution < -0.4 is 5.32 Å². The summed E-state index contributed by atoms with van der Waals surface area (Å²) in [6.45, 7) is 5.44. The third-order valence-corrected chi connectivity index (χ3v) is 2.34. The Bertz CT molecular complexity index is 153. The van der Waals surface area contributed by atoms with Crippen molar-refractivity contribution < 1.29 is 9.53 Å². The topological polar surface area (TPSA) is 38.3 Å². The third-order valence-electron chi connectivity index (χ3n) is 2.34. The van der Waals surface area contributed by atoms with Gasteiger partial charge in [-0.05, 0) is 12.8 Å². The van der Waals surface area contributed by atoms with Crippen LogP contribution in [0.1, 0.15) is 26.7 Å². The van der Waals surface area contributed by atoms with Crippen LogP contribution in [0.5, 0.6) is 0 Å². The quantitative estimate of drug-likeness (QED) is 0.686. The lowest BCUT2D eigenvalue weighted by atomic mass is 10.1. The number of ether oxygens (including phenoxy) is 1. The molecule has 2 unspecified atom stereocenters. The van der Waals surface area contributed by atoms with Crippen LogP contribution in [0.15, 0.2) is 0 Å². The molecule has 1 fully saturated rings. The van der Waals surface area contributed by atoms with Gasteiger partial charge in [0, 0.05) is 12.5 Å². The van der Waals surface area contributed by atoms with Gasteiger partial charge in [-0.3, -0.25) is 4.79 Å². The molecule has 0 aromatic carbocycles. The molecule has 1 aliphatic heterocycles. The minimum Gasteiger partial charge on any atom is -0.379 e. The molecule has 1 rings (SSSR count). The summed E-state index contributed by atoms with van der Waals surface area (Å²) in [4.78, 5) is 11.4. The molecule has 1 saturated heterocycles. The Kier molecular flexibility index (Phi) is 3.53. The van der Waals surface area contributed by atoms with Gasteiger partial charge in [-0.1, -0.05) is 13.8 Å². The van der Waals surface area contributed by atoms with Crippen LogP contribution in [-0.2, 0) is 9.53 Å². The normalized spacial score (nSPS) is 25.3. The van der Waals surface area contributed by atoms with E-state index >= 15 is 0 Å². The summed E-state index contributed by atoms with van der Waals surface area (Å²) in [6.07, 6.45) is 1.86. The molecule has 0 saturated carbocycles. The van der Waals surface area contributed by atoms with Crippen LogP contribution in [-0.4, -0.2) is 25.2 Å². The molecular weight excluding hydrogens is 154 g/mol. The lowest BCUT2D eigenvalue weighted by Crippen LogP contribution is -2.38. The van der Waals surface area contributed by atoms with E-state index in [0.717, 1.165) is 19.4 Å². The van der Waals surface area contributed by atoms with Crippen molar-refractivity contribution >= 4 is 5.91 Å². The highest BCUT2D eigenvalue weighted by molar-refractivity contribution is 5.78. The number of carbonyl (C=O) groups excluding carboxylic acids is 1. The standard InChI is InChI=1S/C9H17NO2/c1-3-7(2)9(11)10-8-4-5-12-6-8/h7-8H,3-6H2,1-2H3,(H,10,11). The fourth-order valence-corrected chi connectivity index (χ4v) is 1.18. The first kappa shape index (κ1) is 9.52. The van der Waals surface area contributed by atoms with Crippen molar-refractivity contribution in [2.75, 3.05) is 13.2 Å². The fourth-order valence-electron chi connectivity index (χ4n) is 1.18. The molecule has 70 valence electrons. The van der Waals surface area contributed by atoms with Gasteiger partial charge in [0.25, 0.3) is 0 Å². The van der Waals surface area contributed by atoms with Crippen molar-refractivity contribution in [2.24, 2.45) is 5.92 Å². The van der Waals surface area contributed by atoms with Gasteiger partial charge < -0.3 is 10.1 Å². The summed E-state index contributed by atoms with van der Waals surface area (Å²) in [7, 11) is 0. The van der Waals surface area contributed by atoms with Crippen molar-refractivity contribution in [3.63, 3.8) is 0 Å². The van der Waals surface area contributed by atoms with E-state index in [2.05, 4.69) is 5.32 Å². The second-order valence-electron chi connectivity index (χ2n) is 3.38. The van der Waals surface area contributed by atoms with Gasteiger partial charge in [0.05, 0.1) is 12.6 Å². The van der Waals surface area contributed by atoms with Crippen LogP contribution in [0.2, 0.25) is 0 Å². The Labute approximate surface area is 73.5 Å². The first-order valence-corrected chi connectivity index (χ1v) is 4.62. The van der Waals surface area contributed by atoms with E-state index in [0.29, 0.717) is 6.61 Å². The number of hydrogen-bond acceptors (Lipinski definition) is 2. The van der Waals surface area contributed by atoms with Crippen LogP contribution >= 0.6 is 0 Å². The van der Waals surface area contributed by atoms with Crippen LogP contribution in [0.25, 0.3) is 0 Å². The molecular formula is C9H17NO2. The predicted molar refractivity (Wildman–Crippen MR) is 46.8 cm³/mol. The fraction of sp³-hybridized carbons (Fsp3) is 0.889. The van der Waals surface area contributed by atoms with Crippen molar-refractivity contribution in [3.05, 3.63) is 0 Å². The molecule has 2 atom stereocenters. The van der Waals surface area contributed by atoms with E-state index in [9.17, 15) is 4.79 Å². The molecule has 1 N–H and O–H groups in total. The SMILES string of the molecule is CCC(C)C(=O)NC1CCOC1. The van der Waals surface area contributed by atoms with E-state index < -0.39 is 0 Å². The zero-order valence-corrected chi connectivity index (χ0v) is 7.80. The maximum absolute atomic E-state index is 11.4. The van der Waals surface area contributed by atoms with E-state index in [4.69, 9.17) is 4.74 Å². The largest absolute Gasteiger partial charge is 0.379 e. The second kappa shape index (κ2) is 4.45. The summed E-state index contributed by atoms with van der Waals surface area (Å²) in [6, 6.07) is 0.256. The van der Waals surface area contributed by atoms with Crippen molar-refractivity contribution in [1.29, 1.82) is 0 Å². The van der Waals surface area contributed by atoms with Crippen molar-refractivity contribution in [2.45, 2.75) is 32.7 Å². The number of carbonyl (C=O) groups is 1. The van der Waals surface area contributed by atoms with Crippen molar-refractivity contribution in [3.8, 4) is 0 Å². The molecule has 3 heteroatoms. The van der Waals surface area contributed by atoms with Gasteiger partial charge in [-0.25, -0.2) is 0 Å². The van der Waals surface area contributed by atoms with Gasteiger partial charge in [0.2, 0.25) is 5.91 Å². The molecule has 1 heterocycles. The van der Waals surface area contributed by atoms with Crippen LogP contribution in [0.3, 0.4) is 0 Å². The third kappa shape index (κ3) is 2.48. The monoisotopic (exact) mass is 171 g/mol. The van der Waals surface area contributed by atoms with E-state index in [-0.39, 0.29) is 17.9 Å². The molecule has 1 amide bonds. The summed E-state index contributed by atoms with van der Waals surface area (Å²) in [5.74, 6) is 0.290. The first-order chi connectivity index (χ1) is 5.74. The molecule has 1 aliphatic rings. The second-order valence-corrected chi connectivity index (χ2v) is 3.38. The number of rotatable bonds is 3. The lowest BCUT2D eigenvalue weighted by molar-refractivity contribution is -0.125. The maximum atomic E-state index is 11.4. The Morgan fingerprint density at radius 3 is 3.00 bits per heavy atom. The van der Waals surface area contributed by atoms with E-state index in [1.807, 2.05) is 13.8 Å². The molecule has 0 aromatic rings. The summed E-state index contributed by atoms with van der Waals surface area (Å²) in [5, 5.41) is 2.97. The maximum Gasteiger partial charge on any atom is 0.223 e. The molecule has 3 nitrogen and oxygen atoms in total. The molecule has 0 radical (unpaired) electrons. The number of amides is 1. The molecule has 0 aliphatic carbocycles. The highest BCUT2D eigenvalue weighted by Gasteiger charge is 2.19. The summed E-state index contributed by atoms with van der Waals surface area (Å²) < 4.78 is 5.16. The Hall–Kier alpha value is -0.570. The predicted octanol–water partition coefficient (Wildman–Crippen LogP) is 0.938. The first-order valence-electron chi connectivity index (χ1n) is 4.62. The molecule has 0 spiro atoms. The summed E-state index contributed by atoms with van der Waals surface area (Å²) in [5.41, 5.74) is 0. The van der Waals surface area contributed by atoms with Gasteiger partial charge >= 0.3 is 0 Å². The van der Waals surface area contributed by atoms with Gasteiger partial charge in [0.1, 0.15) is 0 Å². The number of nitrogens with one attached hydrogen (secondary N) is 1. The number of hydrogen-bond donors (Lipinski definition) is 1. The highest BCUT2D eigenvalue weighted by atomic mass is 16.5. The molecule has 0 bridgehead atoms. The van der Waals surface area contributed by atoms with Crippen molar-refractivity contribution in [1.82, 2.24) is 5.32 Å².